The van der Waals surface area contributed by atoms with E-state index in [-0.39, 0.29) is 37.2 Å². The van der Waals surface area contributed by atoms with Crippen LogP contribution in [0.5, 0.6) is 0 Å². The number of hydrogen-bond acceptors (Lipinski definition) is 6. The van der Waals surface area contributed by atoms with E-state index in [2.05, 4.69) is 52.2 Å². The van der Waals surface area contributed by atoms with Crippen molar-refractivity contribution in [1.82, 2.24) is 0 Å². The Hall–Kier alpha value is -1.41. The molecule has 0 rings (SSSR count). The van der Waals surface area contributed by atoms with Gasteiger partial charge in [0, 0.05) is 13.2 Å². The zero-order valence-electron chi connectivity index (χ0n) is 37.5. The number of quaternary nitrogens is 1. The molecule has 0 N–H and O–H groups in total. The second-order valence-corrected chi connectivity index (χ2v) is 16.4. The van der Waals surface area contributed by atoms with Gasteiger partial charge in [0.1, 0.15) is 26.3 Å². The minimum absolute atomic E-state index is 0. The number of nitrogens with zero attached hydrogens (tertiary/aromatic N) is 1. The lowest BCUT2D eigenvalue weighted by molar-refractivity contribution is -0.890. The third-order valence-electron chi connectivity index (χ3n) is 10.4. The summed E-state index contributed by atoms with van der Waals surface area (Å²) in [5, 5.41) is 0. The highest BCUT2D eigenvalue weighted by Gasteiger charge is 2.17. The molecule has 0 amide bonds. The van der Waals surface area contributed by atoms with Gasteiger partial charge in [0.25, 0.3) is 0 Å². The number of halogens is 1. The van der Waals surface area contributed by atoms with Gasteiger partial charge in [-0.25, -0.2) is 0 Å². The molecule has 0 aliphatic heterocycles. The standard InChI is InChI=1S/C48H92NO6.ClH/c1-5-7-9-11-13-15-17-19-21-23-25-27-29-31-33-35-41-52-43-37-47(50)54-45-39-49(3,4)40-46-55-48(51)38-44-53-42-36-34-32-30-28-26-24-22-20-18-16-14-12-10-8-6-2;/h19-22H,5-18,23-46H2,1-4H3;1H/q+1;/p-1. The first-order chi connectivity index (χ1) is 26.9. The van der Waals surface area contributed by atoms with Crippen molar-refractivity contribution in [3.8, 4) is 0 Å². The number of hydrogen-bond donors (Lipinski definition) is 0. The van der Waals surface area contributed by atoms with Crippen molar-refractivity contribution in [3.63, 3.8) is 0 Å². The fourth-order valence-electron chi connectivity index (χ4n) is 6.49. The molecule has 7 nitrogen and oxygen atoms in total. The zero-order chi connectivity index (χ0) is 40.2. The van der Waals surface area contributed by atoms with Crippen molar-refractivity contribution in [3.05, 3.63) is 24.3 Å². The summed E-state index contributed by atoms with van der Waals surface area (Å²) in [5.74, 6) is -0.436. The average Bonchev–Trinajstić information content (AvgIpc) is 3.16. The Kier molecular flexibility index (Phi) is 46.8. The van der Waals surface area contributed by atoms with Crippen LogP contribution in [0, 0.1) is 0 Å². The van der Waals surface area contributed by atoms with Crippen molar-refractivity contribution in [2.45, 2.75) is 206 Å². The second kappa shape index (κ2) is 46.3. The van der Waals surface area contributed by atoms with E-state index in [4.69, 9.17) is 18.9 Å². The van der Waals surface area contributed by atoms with Crippen LogP contribution in [0.4, 0.5) is 0 Å². The van der Waals surface area contributed by atoms with E-state index in [0.717, 1.165) is 12.8 Å². The van der Waals surface area contributed by atoms with Crippen LogP contribution in [-0.2, 0) is 28.5 Å². The Balaban J connectivity index is 0. The van der Waals surface area contributed by atoms with Crippen LogP contribution in [-0.4, -0.2) is 83.2 Å². The zero-order valence-corrected chi connectivity index (χ0v) is 38.2. The van der Waals surface area contributed by atoms with Crippen LogP contribution in [0.15, 0.2) is 24.3 Å². The number of esters is 2. The predicted molar refractivity (Wildman–Crippen MR) is 234 cm³/mol. The Morgan fingerprint density at radius 3 is 1.00 bits per heavy atom. The first-order valence-electron chi connectivity index (χ1n) is 23.5. The number of unbranched alkanes of at least 4 members (excludes halogenated alkanes) is 24. The summed E-state index contributed by atoms with van der Waals surface area (Å²) in [6.07, 6.45) is 46.3. The second-order valence-electron chi connectivity index (χ2n) is 16.4. The van der Waals surface area contributed by atoms with Gasteiger partial charge in [0.2, 0.25) is 0 Å². The molecular weight excluding hydrogens is 722 g/mol. The highest BCUT2D eigenvalue weighted by Crippen LogP contribution is 2.12. The number of likely N-dealkylation sites (N-methyl/N-ethyl adjacent to an activating group) is 1. The molecule has 0 saturated heterocycles. The maximum Gasteiger partial charge on any atom is 0.308 e. The molecule has 0 heterocycles. The highest BCUT2D eigenvalue weighted by atomic mass is 35.5. The van der Waals surface area contributed by atoms with Crippen LogP contribution in [0.25, 0.3) is 0 Å². The summed E-state index contributed by atoms with van der Waals surface area (Å²) < 4.78 is 22.8. The van der Waals surface area contributed by atoms with Gasteiger partial charge in [-0.05, 0) is 64.2 Å². The topological polar surface area (TPSA) is 71.1 Å². The van der Waals surface area contributed by atoms with E-state index in [9.17, 15) is 9.59 Å². The first-order valence-corrected chi connectivity index (χ1v) is 23.5. The minimum atomic E-state index is -0.218. The Morgan fingerprint density at radius 2 is 0.679 bits per heavy atom. The fraction of sp³-hybridized carbons (Fsp3) is 0.875. The predicted octanol–water partition coefficient (Wildman–Crippen LogP) is 10.0. The van der Waals surface area contributed by atoms with Crippen LogP contribution < -0.4 is 12.4 Å². The molecule has 0 unspecified atom stereocenters. The maximum atomic E-state index is 12.1. The molecular formula is C48H92ClNO6. The minimum Gasteiger partial charge on any atom is -1.00 e. The summed E-state index contributed by atoms with van der Waals surface area (Å²) >= 11 is 0. The first kappa shape index (κ1) is 56.7. The van der Waals surface area contributed by atoms with Gasteiger partial charge < -0.3 is 35.8 Å². The molecule has 0 aliphatic carbocycles. The largest absolute Gasteiger partial charge is 1.00 e. The molecule has 0 aromatic carbocycles. The lowest BCUT2D eigenvalue weighted by atomic mass is 10.1. The Morgan fingerprint density at radius 1 is 0.393 bits per heavy atom. The molecule has 0 aromatic rings. The molecule has 0 fully saturated rings. The maximum absolute atomic E-state index is 12.1. The van der Waals surface area contributed by atoms with E-state index in [1.54, 1.807) is 0 Å². The molecule has 8 heteroatoms. The van der Waals surface area contributed by atoms with Crippen molar-refractivity contribution in [2.75, 3.05) is 66.8 Å². The van der Waals surface area contributed by atoms with Crippen LogP contribution in [0.2, 0.25) is 0 Å². The lowest BCUT2D eigenvalue weighted by Gasteiger charge is -2.29. The molecule has 332 valence electrons. The van der Waals surface area contributed by atoms with E-state index in [0.29, 0.717) is 57.2 Å². The van der Waals surface area contributed by atoms with E-state index >= 15 is 0 Å². The van der Waals surface area contributed by atoms with E-state index in [1.165, 1.54) is 167 Å². The van der Waals surface area contributed by atoms with Crippen LogP contribution >= 0.6 is 0 Å². The number of ether oxygens (including phenoxy) is 4. The molecule has 0 atom stereocenters. The molecule has 0 radical (unpaired) electrons. The molecule has 0 bridgehead atoms. The van der Waals surface area contributed by atoms with Crippen LogP contribution in [0.1, 0.15) is 206 Å². The van der Waals surface area contributed by atoms with Gasteiger partial charge in [0.05, 0.1) is 40.2 Å². The summed E-state index contributed by atoms with van der Waals surface area (Å²) in [4.78, 5) is 24.2. The average molecular weight is 815 g/mol. The van der Waals surface area contributed by atoms with Gasteiger partial charge in [-0.15, -0.1) is 0 Å². The number of carbonyl (C=O) groups excluding carboxylic acids is 2. The van der Waals surface area contributed by atoms with Crippen LogP contribution in [0.3, 0.4) is 0 Å². The van der Waals surface area contributed by atoms with Crippen molar-refractivity contribution in [1.29, 1.82) is 0 Å². The van der Waals surface area contributed by atoms with Gasteiger partial charge in [-0.2, -0.15) is 0 Å². The smallest absolute Gasteiger partial charge is 0.308 e. The summed E-state index contributed by atoms with van der Waals surface area (Å²) in [6, 6.07) is 0. The van der Waals surface area contributed by atoms with Crippen molar-refractivity contribution in [2.24, 2.45) is 0 Å². The van der Waals surface area contributed by atoms with Gasteiger partial charge >= 0.3 is 11.9 Å². The van der Waals surface area contributed by atoms with Gasteiger partial charge in [-0.3, -0.25) is 9.59 Å². The third kappa shape index (κ3) is 47.0. The van der Waals surface area contributed by atoms with Crippen molar-refractivity contribution >= 4 is 11.9 Å². The summed E-state index contributed by atoms with van der Waals surface area (Å²) in [7, 11) is 4.11. The van der Waals surface area contributed by atoms with Gasteiger partial charge in [0.15, 0.2) is 0 Å². The number of carbonyl (C=O) groups is 2. The lowest BCUT2D eigenvalue weighted by Crippen LogP contribution is -3.00. The van der Waals surface area contributed by atoms with Crippen molar-refractivity contribution < 1.29 is 45.4 Å². The summed E-state index contributed by atoms with van der Waals surface area (Å²) in [6.45, 7) is 8.82. The number of allylic oxidation sites excluding steroid dienone is 4. The SMILES string of the molecule is CCCCCCCCC=CCCCCCCCCOCCC(=O)OCC[N+](C)(C)CCOC(=O)CCOCCCCCCCCC=CCCCCCCCC.[Cl-]. The molecule has 0 saturated carbocycles. The fourth-order valence-corrected chi connectivity index (χ4v) is 6.49. The Bertz CT molecular complexity index is 812. The van der Waals surface area contributed by atoms with Gasteiger partial charge in [-0.1, -0.05) is 154 Å². The Labute approximate surface area is 353 Å². The monoisotopic (exact) mass is 814 g/mol. The molecule has 0 spiro atoms. The van der Waals surface area contributed by atoms with E-state index in [1.807, 2.05) is 0 Å². The molecule has 56 heavy (non-hydrogen) atoms. The highest BCUT2D eigenvalue weighted by molar-refractivity contribution is 5.69. The molecule has 0 aliphatic rings. The normalized spacial score (nSPS) is 11.8. The summed E-state index contributed by atoms with van der Waals surface area (Å²) in [5.41, 5.74) is 0. The quantitative estimate of drug-likeness (QED) is 0.0264. The van der Waals surface area contributed by atoms with E-state index < -0.39 is 0 Å². The number of rotatable bonds is 44. The molecule has 0 aromatic heterocycles. The third-order valence-corrected chi connectivity index (χ3v) is 10.4.